The van der Waals surface area contributed by atoms with Crippen LogP contribution in [-0.2, 0) is 20.6 Å². The highest BCUT2D eigenvalue weighted by Gasteiger charge is 2.51. The van der Waals surface area contributed by atoms with E-state index in [0.29, 0.717) is 0 Å². The third-order valence-electron chi connectivity index (χ3n) is 5.59. The third kappa shape index (κ3) is 4.07. The molecule has 3 rings (SSSR count). The van der Waals surface area contributed by atoms with E-state index >= 15 is 0 Å². The fourth-order valence-corrected chi connectivity index (χ4v) is 3.40. The van der Waals surface area contributed by atoms with Gasteiger partial charge in [0.15, 0.2) is 0 Å². The van der Waals surface area contributed by atoms with Gasteiger partial charge in [0.1, 0.15) is 0 Å². The molecule has 2 aliphatic rings. The SMILES string of the molecule is CC(=O)NC1CCN(Cc2ccc(B3OC(C)(C)C(C)(C)O3)cc2)C1. The molecule has 0 spiro atoms. The zero-order valence-corrected chi connectivity index (χ0v) is 16.0. The molecule has 0 aliphatic carbocycles. The lowest BCUT2D eigenvalue weighted by Gasteiger charge is -2.32. The average molecular weight is 344 g/mol. The molecular formula is C19H29BN2O3. The standard InChI is InChI=1S/C19H29BN2O3/c1-14(23)21-17-10-11-22(13-17)12-15-6-8-16(9-7-15)20-24-18(2,3)19(4,5)25-20/h6-9,17H,10-13H2,1-5H3,(H,21,23). The summed E-state index contributed by atoms with van der Waals surface area (Å²) in [5, 5.41) is 3.01. The molecule has 1 aromatic carbocycles. The number of amides is 1. The Morgan fingerprint density at radius 1 is 1.20 bits per heavy atom. The highest BCUT2D eigenvalue weighted by molar-refractivity contribution is 6.62. The predicted octanol–water partition coefficient (Wildman–Crippen LogP) is 1.70. The Morgan fingerprint density at radius 3 is 2.36 bits per heavy atom. The van der Waals surface area contributed by atoms with Gasteiger partial charge in [-0.1, -0.05) is 24.3 Å². The van der Waals surface area contributed by atoms with Crippen molar-refractivity contribution >= 4 is 18.5 Å². The fraction of sp³-hybridized carbons (Fsp3) is 0.632. The molecule has 1 atom stereocenters. The number of likely N-dealkylation sites (tertiary alicyclic amines) is 1. The second-order valence-electron chi connectivity index (χ2n) is 8.25. The number of nitrogens with zero attached hydrogens (tertiary/aromatic N) is 1. The van der Waals surface area contributed by atoms with E-state index in [9.17, 15) is 4.79 Å². The molecule has 0 saturated carbocycles. The first-order valence-electron chi connectivity index (χ1n) is 9.10. The van der Waals surface area contributed by atoms with Crippen LogP contribution in [0.5, 0.6) is 0 Å². The van der Waals surface area contributed by atoms with Crippen LogP contribution in [0.1, 0.15) is 46.6 Å². The summed E-state index contributed by atoms with van der Waals surface area (Å²) in [4.78, 5) is 13.5. The van der Waals surface area contributed by atoms with Gasteiger partial charge in [-0.25, -0.2) is 0 Å². The van der Waals surface area contributed by atoms with E-state index in [1.165, 1.54) is 5.56 Å². The zero-order chi connectivity index (χ0) is 18.2. The van der Waals surface area contributed by atoms with Crippen molar-refractivity contribution in [2.24, 2.45) is 0 Å². The third-order valence-corrected chi connectivity index (χ3v) is 5.59. The first kappa shape index (κ1) is 18.4. The second-order valence-corrected chi connectivity index (χ2v) is 8.25. The number of hydrogen-bond acceptors (Lipinski definition) is 4. The summed E-state index contributed by atoms with van der Waals surface area (Å²) >= 11 is 0. The summed E-state index contributed by atoms with van der Waals surface area (Å²) in [6.07, 6.45) is 1.02. The van der Waals surface area contributed by atoms with Gasteiger partial charge >= 0.3 is 7.12 Å². The highest BCUT2D eigenvalue weighted by Crippen LogP contribution is 2.36. The Kier molecular flexibility index (Phi) is 4.97. The molecule has 2 fully saturated rings. The van der Waals surface area contributed by atoms with Gasteiger partial charge in [0.2, 0.25) is 5.91 Å². The predicted molar refractivity (Wildman–Crippen MR) is 99.7 cm³/mol. The Bertz CT molecular complexity index is 614. The van der Waals surface area contributed by atoms with Gasteiger partial charge in [-0.15, -0.1) is 0 Å². The molecule has 6 heteroatoms. The summed E-state index contributed by atoms with van der Waals surface area (Å²) in [6.45, 7) is 12.7. The van der Waals surface area contributed by atoms with Crippen LogP contribution in [0.2, 0.25) is 0 Å². The Labute approximate surface area is 151 Å². The normalized spacial score (nSPS) is 25.3. The van der Waals surface area contributed by atoms with Gasteiger partial charge in [-0.2, -0.15) is 0 Å². The van der Waals surface area contributed by atoms with Crippen LogP contribution in [0.25, 0.3) is 0 Å². The lowest BCUT2D eigenvalue weighted by molar-refractivity contribution is -0.119. The number of carbonyl (C=O) groups excluding carboxylic acids is 1. The molecule has 0 radical (unpaired) electrons. The molecule has 1 N–H and O–H groups in total. The van der Waals surface area contributed by atoms with E-state index in [1.807, 2.05) is 0 Å². The minimum absolute atomic E-state index is 0.0543. The van der Waals surface area contributed by atoms with Crippen molar-refractivity contribution in [1.82, 2.24) is 10.2 Å². The Morgan fingerprint density at radius 2 is 1.80 bits per heavy atom. The van der Waals surface area contributed by atoms with Crippen molar-refractivity contribution in [3.05, 3.63) is 29.8 Å². The van der Waals surface area contributed by atoms with Crippen LogP contribution < -0.4 is 10.8 Å². The maximum atomic E-state index is 11.2. The maximum absolute atomic E-state index is 11.2. The first-order chi connectivity index (χ1) is 11.7. The van der Waals surface area contributed by atoms with Gasteiger partial charge in [0, 0.05) is 32.6 Å². The molecule has 1 unspecified atom stereocenters. The number of nitrogens with one attached hydrogen (secondary N) is 1. The van der Waals surface area contributed by atoms with E-state index in [-0.39, 0.29) is 30.3 Å². The van der Waals surface area contributed by atoms with Crippen LogP contribution in [-0.4, -0.2) is 48.3 Å². The number of carbonyl (C=O) groups is 1. The highest BCUT2D eigenvalue weighted by atomic mass is 16.7. The minimum Gasteiger partial charge on any atom is -0.399 e. The van der Waals surface area contributed by atoms with Gasteiger partial charge in [0.05, 0.1) is 11.2 Å². The largest absolute Gasteiger partial charge is 0.494 e. The van der Waals surface area contributed by atoms with E-state index in [4.69, 9.17) is 9.31 Å². The molecular weight excluding hydrogens is 315 g/mol. The zero-order valence-electron chi connectivity index (χ0n) is 16.0. The van der Waals surface area contributed by atoms with Crippen LogP contribution in [0.4, 0.5) is 0 Å². The van der Waals surface area contributed by atoms with E-state index in [2.05, 4.69) is 62.2 Å². The molecule has 1 aromatic rings. The van der Waals surface area contributed by atoms with Crippen molar-refractivity contribution in [3.8, 4) is 0 Å². The van der Waals surface area contributed by atoms with Crippen LogP contribution in [0, 0.1) is 0 Å². The van der Waals surface area contributed by atoms with Crippen molar-refractivity contribution in [3.63, 3.8) is 0 Å². The number of benzene rings is 1. The molecule has 5 nitrogen and oxygen atoms in total. The average Bonchev–Trinajstić information content (AvgIpc) is 3.01. The molecule has 1 amide bonds. The summed E-state index contributed by atoms with van der Waals surface area (Å²) in [7, 11) is -0.310. The van der Waals surface area contributed by atoms with Crippen LogP contribution >= 0.6 is 0 Å². The lowest BCUT2D eigenvalue weighted by atomic mass is 9.79. The van der Waals surface area contributed by atoms with Crippen LogP contribution in [0.15, 0.2) is 24.3 Å². The van der Waals surface area contributed by atoms with Crippen molar-refractivity contribution in [1.29, 1.82) is 0 Å². The fourth-order valence-electron chi connectivity index (χ4n) is 3.40. The summed E-state index contributed by atoms with van der Waals surface area (Å²) in [6, 6.07) is 8.76. The monoisotopic (exact) mass is 344 g/mol. The summed E-state index contributed by atoms with van der Waals surface area (Å²) < 4.78 is 12.2. The van der Waals surface area contributed by atoms with Crippen molar-refractivity contribution < 1.29 is 14.1 Å². The topological polar surface area (TPSA) is 50.8 Å². The smallest absolute Gasteiger partial charge is 0.399 e. The first-order valence-corrected chi connectivity index (χ1v) is 9.10. The quantitative estimate of drug-likeness (QED) is 0.845. The van der Waals surface area contributed by atoms with E-state index < -0.39 is 0 Å². The van der Waals surface area contributed by atoms with E-state index in [0.717, 1.165) is 31.5 Å². The lowest BCUT2D eigenvalue weighted by Crippen LogP contribution is -2.41. The minimum atomic E-state index is -0.315. The molecule has 2 aliphatic heterocycles. The van der Waals surface area contributed by atoms with Gasteiger partial charge in [0.25, 0.3) is 0 Å². The number of hydrogen-bond donors (Lipinski definition) is 1. The van der Waals surface area contributed by atoms with E-state index in [1.54, 1.807) is 6.92 Å². The molecule has 2 heterocycles. The molecule has 2 saturated heterocycles. The van der Waals surface area contributed by atoms with Gasteiger partial charge in [-0.3, -0.25) is 9.69 Å². The molecule has 0 aromatic heterocycles. The Balaban J connectivity index is 1.58. The molecule has 136 valence electrons. The maximum Gasteiger partial charge on any atom is 0.494 e. The van der Waals surface area contributed by atoms with Crippen LogP contribution in [0.3, 0.4) is 0 Å². The van der Waals surface area contributed by atoms with Crippen molar-refractivity contribution in [2.75, 3.05) is 13.1 Å². The summed E-state index contributed by atoms with van der Waals surface area (Å²) in [5.41, 5.74) is 1.69. The number of rotatable bonds is 4. The van der Waals surface area contributed by atoms with Crippen molar-refractivity contribution in [2.45, 2.75) is 64.8 Å². The molecule has 0 bridgehead atoms. The Hall–Kier alpha value is -1.37. The molecule has 25 heavy (non-hydrogen) atoms. The second kappa shape index (κ2) is 6.74. The van der Waals surface area contributed by atoms with Gasteiger partial charge < -0.3 is 14.6 Å². The summed E-state index contributed by atoms with van der Waals surface area (Å²) in [5.74, 6) is 0.0543. The van der Waals surface area contributed by atoms with Gasteiger partial charge in [-0.05, 0) is 45.1 Å².